The molecule has 1 saturated heterocycles. The molecule has 2 aromatic carbocycles. The first-order valence-corrected chi connectivity index (χ1v) is 10.4. The summed E-state index contributed by atoms with van der Waals surface area (Å²) in [6.45, 7) is 5.11. The molecule has 1 fully saturated rings. The summed E-state index contributed by atoms with van der Waals surface area (Å²) < 4.78 is 5.31. The molecular weight excluding hydrogens is 429 g/mol. The zero-order valence-electron chi connectivity index (χ0n) is 15.7. The standard InChI is InChI=1S/C21H19Cl2N3O2S/c1-13-10-20(27)28-19-11-14(2-4-16(13)19)24-21(29)26-8-6-25(7-9-26)15-3-5-17(22)18(23)12-15/h2-5,10-12H,6-9H2,1H3,(H,24,29). The van der Waals surface area contributed by atoms with E-state index in [-0.39, 0.29) is 5.63 Å². The highest BCUT2D eigenvalue weighted by Crippen LogP contribution is 2.28. The molecule has 5 nitrogen and oxygen atoms in total. The fraction of sp³-hybridized carbons (Fsp3) is 0.238. The van der Waals surface area contributed by atoms with Gasteiger partial charge >= 0.3 is 5.63 Å². The lowest BCUT2D eigenvalue weighted by atomic mass is 10.1. The van der Waals surface area contributed by atoms with Gasteiger partial charge in [-0.1, -0.05) is 23.2 Å². The number of fused-ring (bicyclic) bond motifs is 1. The van der Waals surface area contributed by atoms with E-state index in [1.807, 2.05) is 43.3 Å². The summed E-state index contributed by atoms with van der Waals surface area (Å²) in [5, 5.41) is 5.93. The highest BCUT2D eigenvalue weighted by Gasteiger charge is 2.20. The van der Waals surface area contributed by atoms with Gasteiger partial charge in [0.2, 0.25) is 0 Å². The van der Waals surface area contributed by atoms with Crippen molar-refractivity contribution in [1.29, 1.82) is 0 Å². The number of hydrogen-bond donors (Lipinski definition) is 1. The maximum Gasteiger partial charge on any atom is 0.336 e. The molecule has 0 bridgehead atoms. The normalized spacial score (nSPS) is 14.3. The van der Waals surface area contributed by atoms with E-state index in [1.54, 1.807) is 0 Å². The Morgan fingerprint density at radius 2 is 1.79 bits per heavy atom. The minimum atomic E-state index is -0.354. The molecule has 4 rings (SSSR count). The molecule has 2 heterocycles. The van der Waals surface area contributed by atoms with Crippen LogP contribution in [0.5, 0.6) is 0 Å². The topological polar surface area (TPSA) is 48.7 Å². The maximum atomic E-state index is 11.6. The van der Waals surface area contributed by atoms with Crippen molar-refractivity contribution in [3.8, 4) is 0 Å². The van der Waals surface area contributed by atoms with Gasteiger partial charge in [-0.3, -0.25) is 0 Å². The number of nitrogens with zero attached hydrogens (tertiary/aromatic N) is 2. The van der Waals surface area contributed by atoms with Crippen molar-refractivity contribution >= 4 is 62.9 Å². The number of halogens is 2. The van der Waals surface area contributed by atoms with Gasteiger partial charge in [0.25, 0.3) is 0 Å². The molecule has 1 aliphatic rings. The van der Waals surface area contributed by atoms with Gasteiger partial charge < -0.3 is 19.5 Å². The second-order valence-electron chi connectivity index (χ2n) is 6.96. The zero-order valence-corrected chi connectivity index (χ0v) is 18.1. The Kier molecular flexibility index (Phi) is 5.67. The van der Waals surface area contributed by atoms with Gasteiger partial charge in [-0.15, -0.1) is 0 Å². The van der Waals surface area contributed by atoms with Gasteiger partial charge in [-0.25, -0.2) is 4.79 Å². The lowest BCUT2D eigenvalue weighted by Gasteiger charge is -2.37. The van der Waals surface area contributed by atoms with Gasteiger partial charge in [-0.05, 0) is 55.0 Å². The number of thiocarbonyl (C=S) groups is 1. The van der Waals surface area contributed by atoms with Crippen LogP contribution in [0.4, 0.5) is 11.4 Å². The molecule has 1 aliphatic heterocycles. The molecule has 0 radical (unpaired) electrons. The van der Waals surface area contributed by atoms with Crippen LogP contribution in [0.3, 0.4) is 0 Å². The monoisotopic (exact) mass is 447 g/mol. The summed E-state index contributed by atoms with van der Waals surface area (Å²) in [6, 6.07) is 12.9. The van der Waals surface area contributed by atoms with Crippen molar-refractivity contribution in [2.24, 2.45) is 0 Å². The first-order chi connectivity index (χ1) is 13.9. The van der Waals surface area contributed by atoms with Crippen molar-refractivity contribution in [3.05, 3.63) is 68.5 Å². The number of rotatable bonds is 2. The van der Waals surface area contributed by atoms with Crippen LogP contribution in [0.2, 0.25) is 10.0 Å². The van der Waals surface area contributed by atoms with Crippen LogP contribution < -0.4 is 15.8 Å². The van der Waals surface area contributed by atoms with E-state index < -0.39 is 0 Å². The average molecular weight is 448 g/mol. The fourth-order valence-electron chi connectivity index (χ4n) is 3.45. The second-order valence-corrected chi connectivity index (χ2v) is 8.16. The second kappa shape index (κ2) is 8.22. The van der Waals surface area contributed by atoms with Crippen molar-refractivity contribution in [1.82, 2.24) is 4.90 Å². The highest BCUT2D eigenvalue weighted by molar-refractivity contribution is 7.80. The Labute approximate surface area is 183 Å². The SMILES string of the molecule is Cc1cc(=O)oc2cc(NC(=S)N3CCN(c4ccc(Cl)c(Cl)c4)CC3)ccc12. The van der Waals surface area contributed by atoms with Gasteiger partial charge in [0.05, 0.1) is 10.0 Å². The zero-order chi connectivity index (χ0) is 20.5. The number of nitrogens with one attached hydrogen (secondary N) is 1. The lowest BCUT2D eigenvalue weighted by molar-refractivity contribution is 0.391. The fourth-order valence-corrected chi connectivity index (χ4v) is 4.05. The summed E-state index contributed by atoms with van der Waals surface area (Å²) >= 11 is 17.7. The molecule has 29 heavy (non-hydrogen) atoms. The van der Waals surface area contributed by atoms with Crippen LogP contribution in [0.25, 0.3) is 11.0 Å². The third-order valence-electron chi connectivity index (χ3n) is 5.04. The Hall–Kier alpha value is -2.28. The molecule has 0 aliphatic carbocycles. The lowest BCUT2D eigenvalue weighted by Crippen LogP contribution is -2.50. The van der Waals surface area contributed by atoms with Crippen molar-refractivity contribution < 1.29 is 4.42 Å². The van der Waals surface area contributed by atoms with Crippen LogP contribution in [0.15, 0.2) is 51.7 Å². The minimum Gasteiger partial charge on any atom is -0.423 e. The summed E-state index contributed by atoms with van der Waals surface area (Å²) in [5.41, 5.74) is 2.94. The minimum absolute atomic E-state index is 0.354. The number of hydrogen-bond acceptors (Lipinski definition) is 4. The van der Waals surface area contributed by atoms with Gasteiger partial charge in [0.15, 0.2) is 5.11 Å². The summed E-state index contributed by atoms with van der Waals surface area (Å²) in [7, 11) is 0. The van der Waals surface area contributed by atoms with Crippen LogP contribution in [0.1, 0.15) is 5.56 Å². The van der Waals surface area contributed by atoms with Crippen LogP contribution in [-0.4, -0.2) is 36.2 Å². The molecule has 0 spiro atoms. The number of piperazine rings is 1. The molecular formula is C21H19Cl2N3O2S. The smallest absolute Gasteiger partial charge is 0.336 e. The summed E-state index contributed by atoms with van der Waals surface area (Å²) in [4.78, 5) is 16.0. The molecule has 8 heteroatoms. The first kappa shape index (κ1) is 20.0. The number of aryl methyl sites for hydroxylation is 1. The Bertz CT molecular complexity index is 1140. The number of benzene rings is 2. The van der Waals surface area contributed by atoms with Crippen LogP contribution >= 0.6 is 35.4 Å². The Morgan fingerprint density at radius 3 is 2.52 bits per heavy atom. The van der Waals surface area contributed by atoms with Crippen LogP contribution in [-0.2, 0) is 0 Å². The van der Waals surface area contributed by atoms with E-state index in [0.717, 1.165) is 48.5 Å². The van der Waals surface area contributed by atoms with Gasteiger partial charge in [-0.2, -0.15) is 0 Å². The summed E-state index contributed by atoms with van der Waals surface area (Å²) in [6.07, 6.45) is 0. The van der Waals surface area contributed by atoms with E-state index >= 15 is 0 Å². The Morgan fingerprint density at radius 1 is 1.03 bits per heavy atom. The molecule has 1 aromatic heterocycles. The molecule has 150 valence electrons. The number of anilines is 2. The van der Waals surface area contributed by atoms with Crippen molar-refractivity contribution in [3.63, 3.8) is 0 Å². The molecule has 0 atom stereocenters. The Balaban J connectivity index is 1.41. The maximum absolute atomic E-state index is 11.6. The van der Waals surface area contributed by atoms with E-state index in [1.165, 1.54) is 6.07 Å². The predicted molar refractivity (Wildman–Crippen MR) is 124 cm³/mol. The highest BCUT2D eigenvalue weighted by atomic mass is 35.5. The van der Waals surface area contributed by atoms with E-state index in [2.05, 4.69) is 15.1 Å². The molecule has 1 N–H and O–H groups in total. The van der Waals surface area contributed by atoms with Gasteiger partial charge in [0.1, 0.15) is 5.58 Å². The van der Waals surface area contributed by atoms with E-state index in [9.17, 15) is 4.79 Å². The van der Waals surface area contributed by atoms with E-state index in [0.29, 0.717) is 20.7 Å². The molecule has 0 unspecified atom stereocenters. The largest absolute Gasteiger partial charge is 0.423 e. The molecule has 0 amide bonds. The third-order valence-corrected chi connectivity index (χ3v) is 6.14. The van der Waals surface area contributed by atoms with Gasteiger partial charge in [0, 0.05) is 55.1 Å². The third kappa shape index (κ3) is 4.34. The average Bonchev–Trinajstić information content (AvgIpc) is 2.70. The first-order valence-electron chi connectivity index (χ1n) is 9.21. The van der Waals surface area contributed by atoms with E-state index in [4.69, 9.17) is 39.8 Å². The molecule has 3 aromatic rings. The summed E-state index contributed by atoms with van der Waals surface area (Å²) in [5.74, 6) is 0. The van der Waals surface area contributed by atoms with Crippen molar-refractivity contribution in [2.45, 2.75) is 6.92 Å². The van der Waals surface area contributed by atoms with Crippen LogP contribution in [0, 0.1) is 6.92 Å². The molecule has 0 saturated carbocycles. The van der Waals surface area contributed by atoms with Crippen molar-refractivity contribution in [2.75, 3.05) is 36.4 Å². The predicted octanol–water partition coefficient (Wildman–Crippen LogP) is 4.93. The quantitative estimate of drug-likeness (QED) is 0.443.